The van der Waals surface area contributed by atoms with Crippen LogP contribution in [0.25, 0.3) is 0 Å². The van der Waals surface area contributed by atoms with E-state index in [4.69, 9.17) is 4.74 Å². The molecule has 0 N–H and O–H groups in total. The zero-order chi connectivity index (χ0) is 11.2. The largest absolute Gasteiger partial charge is 0.378 e. The molecule has 0 saturated carbocycles. The highest BCUT2D eigenvalue weighted by atomic mass is 32.2. The molecule has 2 nitrogen and oxygen atoms in total. The van der Waals surface area contributed by atoms with Gasteiger partial charge in [0.1, 0.15) is 5.78 Å². The molecule has 2 heterocycles. The number of carbonyl (C=O) groups excluding carboxylic acids is 1. The Balaban J connectivity index is 1.59. The summed E-state index contributed by atoms with van der Waals surface area (Å²) < 4.78 is 5.56. The van der Waals surface area contributed by atoms with Gasteiger partial charge in [-0.25, -0.2) is 0 Å². The van der Waals surface area contributed by atoms with Gasteiger partial charge in [-0.1, -0.05) is 6.42 Å². The zero-order valence-electron chi connectivity index (χ0n) is 9.95. The Hall–Kier alpha value is -0.0200. The molecule has 2 saturated heterocycles. The molecule has 0 aromatic carbocycles. The number of ether oxygens (including phenoxy) is 1. The Morgan fingerprint density at radius 3 is 2.88 bits per heavy atom. The van der Waals surface area contributed by atoms with Crippen molar-refractivity contribution in [3.8, 4) is 0 Å². The lowest BCUT2D eigenvalue weighted by Gasteiger charge is -2.20. The molecule has 0 radical (unpaired) electrons. The molecule has 2 fully saturated rings. The maximum Gasteiger partial charge on any atom is 0.145 e. The third kappa shape index (κ3) is 3.77. The van der Waals surface area contributed by atoms with Crippen molar-refractivity contribution in [1.82, 2.24) is 0 Å². The average Bonchev–Trinajstić information content (AvgIpc) is 2.83. The molecule has 0 aromatic heterocycles. The van der Waals surface area contributed by atoms with Crippen LogP contribution in [-0.2, 0) is 9.53 Å². The van der Waals surface area contributed by atoms with Crippen LogP contribution in [0.3, 0.4) is 0 Å². The van der Waals surface area contributed by atoms with Gasteiger partial charge in [0.2, 0.25) is 0 Å². The molecule has 16 heavy (non-hydrogen) atoms. The van der Waals surface area contributed by atoms with Crippen molar-refractivity contribution in [2.75, 3.05) is 12.4 Å². The first-order chi connectivity index (χ1) is 7.86. The van der Waals surface area contributed by atoms with Gasteiger partial charge in [0.15, 0.2) is 0 Å². The Bertz CT molecular complexity index is 218. The van der Waals surface area contributed by atoms with Crippen molar-refractivity contribution in [3.63, 3.8) is 0 Å². The van der Waals surface area contributed by atoms with Gasteiger partial charge in [0.05, 0.1) is 11.4 Å². The number of hydrogen-bond donors (Lipinski definition) is 0. The topological polar surface area (TPSA) is 26.3 Å². The van der Waals surface area contributed by atoms with E-state index >= 15 is 0 Å². The Kier molecular flexibility index (Phi) is 5.17. The van der Waals surface area contributed by atoms with E-state index in [1.165, 1.54) is 31.4 Å². The summed E-state index contributed by atoms with van der Waals surface area (Å²) in [6.07, 6.45) is 9.40. The molecule has 2 unspecified atom stereocenters. The first-order valence-corrected chi connectivity index (χ1v) is 7.67. The minimum Gasteiger partial charge on any atom is -0.378 e. The SMILES string of the molecule is O=C(CCCC1CCCO1)C1CCCCS1. The highest BCUT2D eigenvalue weighted by molar-refractivity contribution is 8.00. The van der Waals surface area contributed by atoms with Gasteiger partial charge in [0.25, 0.3) is 0 Å². The van der Waals surface area contributed by atoms with Crippen molar-refractivity contribution in [1.29, 1.82) is 0 Å². The first-order valence-electron chi connectivity index (χ1n) is 6.62. The van der Waals surface area contributed by atoms with Gasteiger partial charge in [-0.05, 0) is 44.3 Å². The van der Waals surface area contributed by atoms with Gasteiger partial charge in [-0.15, -0.1) is 0 Å². The van der Waals surface area contributed by atoms with Crippen molar-refractivity contribution in [2.24, 2.45) is 0 Å². The van der Waals surface area contributed by atoms with Crippen LogP contribution in [0.4, 0.5) is 0 Å². The summed E-state index contributed by atoms with van der Waals surface area (Å²) in [6.45, 7) is 0.928. The van der Waals surface area contributed by atoms with E-state index in [9.17, 15) is 4.79 Å². The number of rotatable bonds is 5. The van der Waals surface area contributed by atoms with Crippen LogP contribution < -0.4 is 0 Å². The fraction of sp³-hybridized carbons (Fsp3) is 0.923. The third-order valence-corrected chi connectivity index (χ3v) is 4.94. The fourth-order valence-electron chi connectivity index (χ4n) is 2.53. The molecule has 0 amide bonds. The number of Topliss-reactive ketones (excluding diaryl/α,β-unsaturated/α-hetero) is 1. The van der Waals surface area contributed by atoms with Crippen LogP contribution in [0, 0.1) is 0 Å². The van der Waals surface area contributed by atoms with Gasteiger partial charge in [-0.2, -0.15) is 11.8 Å². The summed E-state index contributed by atoms with van der Waals surface area (Å²) in [6, 6.07) is 0. The Morgan fingerprint density at radius 1 is 1.25 bits per heavy atom. The van der Waals surface area contributed by atoms with Crippen LogP contribution in [0.5, 0.6) is 0 Å². The summed E-state index contributed by atoms with van der Waals surface area (Å²) >= 11 is 1.87. The predicted molar refractivity (Wildman–Crippen MR) is 67.9 cm³/mol. The average molecular weight is 242 g/mol. The second-order valence-electron chi connectivity index (χ2n) is 4.85. The van der Waals surface area contributed by atoms with Crippen LogP contribution >= 0.6 is 11.8 Å². The molecule has 3 heteroatoms. The number of ketones is 1. The highest BCUT2D eigenvalue weighted by Crippen LogP contribution is 2.27. The summed E-state index contributed by atoms with van der Waals surface area (Å²) in [5.74, 6) is 1.67. The van der Waals surface area contributed by atoms with E-state index in [0.29, 0.717) is 17.1 Å². The Labute approximate surface area is 103 Å². The van der Waals surface area contributed by atoms with Gasteiger partial charge in [0, 0.05) is 13.0 Å². The smallest absolute Gasteiger partial charge is 0.145 e. The zero-order valence-corrected chi connectivity index (χ0v) is 10.8. The van der Waals surface area contributed by atoms with Crippen molar-refractivity contribution >= 4 is 17.5 Å². The summed E-state index contributed by atoms with van der Waals surface area (Å²) in [7, 11) is 0. The van der Waals surface area contributed by atoms with Crippen LogP contribution in [0.2, 0.25) is 0 Å². The van der Waals surface area contributed by atoms with E-state index in [1.807, 2.05) is 11.8 Å². The first kappa shape index (κ1) is 12.4. The van der Waals surface area contributed by atoms with E-state index in [1.54, 1.807) is 0 Å². The molecule has 92 valence electrons. The maximum atomic E-state index is 11.9. The quantitative estimate of drug-likeness (QED) is 0.740. The molecule has 2 atom stereocenters. The molecule has 2 aliphatic heterocycles. The van der Waals surface area contributed by atoms with Gasteiger partial charge in [-0.3, -0.25) is 4.79 Å². The molecule has 2 rings (SSSR count). The normalized spacial score (nSPS) is 30.5. The predicted octanol–water partition coefficient (Wildman–Crippen LogP) is 3.19. The molecule has 0 aromatic rings. The van der Waals surface area contributed by atoms with E-state index in [0.717, 1.165) is 32.3 Å². The van der Waals surface area contributed by atoms with Gasteiger partial charge >= 0.3 is 0 Å². The standard InChI is InChI=1S/C13H22O2S/c14-12(13-8-1-2-10-16-13)7-3-5-11-6-4-9-15-11/h11,13H,1-10H2. The fourth-order valence-corrected chi connectivity index (χ4v) is 3.82. The lowest BCUT2D eigenvalue weighted by atomic mass is 10.0. The van der Waals surface area contributed by atoms with Crippen LogP contribution in [0.15, 0.2) is 0 Å². The van der Waals surface area contributed by atoms with E-state index in [-0.39, 0.29) is 0 Å². The Morgan fingerprint density at radius 2 is 2.19 bits per heavy atom. The van der Waals surface area contributed by atoms with Crippen molar-refractivity contribution in [2.45, 2.75) is 62.7 Å². The van der Waals surface area contributed by atoms with Crippen LogP contribution in [-0.4, -0.2) is 29.5 Å². The minimum absolute atomic E-state index is 0.318. The lowest BCUT2D eigenvalue weighted by molar-refractivity contribution is -0.118. The summed E-state index contributed by atoms with van der Waals surface area (Å²) in [5, 5.41) is 0.318. The van der Waals surface area contributed by atoms with Crippen LogP contribution in [0.1, 0.15) is 51.4 Å². The lowest BCUT2D eigenvalue weighted by Crippen LogP contribution is -2.21. The monoisotopic (exact) mass is 242 g/mol. The summed E-state index contributed by atoms with van der Waals surface area (Å²) in [5.41, 5.74) is 0. The highest BCUT2D eigenvalue weighted by Gasteiger charge is 2.22. The second kappa shape index (κ2) is 6.65. The number of carbonyl (C=O) groups is 1. The van der Waals surface area contributed by atoms with Crippen molar-refractivity contribution in [3.05, 3.63) is 0 Å². The molecular formula is C13H22O2S. The molecule has 0 bridgehead atoms. The van der Waals surface area contributed by atoms with Gasteiger partial charge < -0.3 is 4.74 Å². The summed E-state index contributed by atoms with van der Waals surface area (Å²) in [4.78, 5) is 11.9. The second-order valence-corrected chi connectivity index (χ2v) is 6.16. The maximum absolute atomic E-state index is 11.9. The molecule has 2 aliphatic rings. The molecule has 0 spiro atoms. The number of hydrogen-bond acceptors (Lipinski definition) is 3. The third-order valence-electron chi connectivity index (χ3n) is 3.51. The van der Waals surface area contributed by atoms with Crippen molar-refractivity contribution < 1.29 is 9.53 Å². The van der Waals surface area contributed by atoms with E-state index in [2.05, 4.69) is 0 Å². The minimum atomic E-state index is 0.318. The molecular weight excluding hydrogens is 220 g/mol. The van der Waals surface area contributed by atoms with E-state index < -0.39 is 0 Å². The molecule has 0 aliphatic carbocycles. The number of thioether (sulfide) groups is 1.